The van der Waals surface area contributed by atoms with Crippen LogP contribution in [0.4, 0.5) is 0 Å². The van der Waals surface area contributed by atoms with Crippen molar-refractivity contribution in [3.63, 3.8) is 0 Å². The van der Waals surface area contributed by atoms with Gasteiger partial charge in [0, 0.05) is 16.7 Å². The fourth-order valence-corrected chi connectivity index (χ4v) is 2.21. The number of hydrogen-bond donors (Lipinski definition) is 1. The minimum absolute atomic E-state index is 0.156. The van der Waals surface area contributed by atoms with E-state index in [9.17, 15) is 0 Å². The van der Waals surface area contributed by atoms with Crippen molar-refractivity contribution in [1.82, 2.24) is 20.4 Å². The summed E-state index contributed by atoms with van der Waals surface area (Å²) in [6, 6.07) is 4.04. The van der Waals surface area contributed by atoms with E-state index in [1.54, 1.807) is 6.20 Å². The summed E-state index contributed by atoms with van der Waals surface area (Å²) in [6.07, 6.45) is 1.71. The zero-order chi connectivity index (χ0) is 13.8. The molecule has 0 amide bonds. The molecule has 2 rings (SSSR count). The molecule has 102 valence electrons. The molecule has 5 nitrogen and oxygen atoms in total. The smallest absolute Gasteiger partial charge is 0.231 e. The van der Waals surface area contributed by atoms with Gasteiger partial charge in [-0.15, -0.1) is 0 Å². The highest BCUT2D eigenvalue weighted by molar-refractivity contribution is 9.10. The molecule has 2 unspecified atom stereocenters. The van der Waals surface area contributed by atoms with E-state index in [0.717, 1.165) is 11.0 Å². The van der Waals surface area contributed by atoms with Gasteiger partial charge in [-0.25, -0.2) is 0 Å². The van der Waals surface area contributed by atoms with E-state index in [0.29, 0.717) is 17.4 Å². The van der Waals surface area contributed by atoms with Gasteiger partial charge >= 0.3 is 0 Å². The molecule has 0 saturated carbocycles. The molecular formula is C13H17BrN4O. The van der Waals surface area contributed by atoms with Crippen LogP contribution < -0.4 is 5.32 Å². The number of likely N-dealkylation sites (N-methyl/N-ethyl adjacent to an activating group) is 1. The van der Waals surface area contributed by atoms with Gasteiger partial charge in [-0.2, -0.15) is 4.98 Å². The van der Waals surface area contributed by atoms with Crippen LogP contribution in [0.15, 0.2) is 27.3 Å². The number of aromatic nitrogens is 3. The van der Waals surface area contributed by atoms with Crippen LogP contribution in [0, 0.1) is 0 Å². The van der Waals surface area contributed by atoms with Gasteiger partial charge in [0.2, 0.25) is 11.7 Å². The Morgan fingerprint density at radius 1 is 1.42 bits per heavy atom. The molecule has 1 N–H and O–H groups in total. The fraction of sp³-hybridized carbons (Fsp3) is 0.462. The van der Waals surface area contributed by atoms with Gasteiger partial charge in [0.1, 0.15) is 5.69 Å². The van der Waals surface area contributed by atoms with E-state index in [-0.39, 0.29) is 12.0 Å². The standard InChI is InChI=1S/C13H17BrN4O/c1-4-15-9(3)8(2)13-17-12(18-19-13)11-10(14)6-5-7-16-11/h5-9,15H,4H2,1-3H3. The van der Waals surface area contributed by atoms with Gasteiger partial charge in [0.15, 0.2) is 0 Å². The first-order valence-corrected chi connectivity index (χ1v) is 7.10. The van der Waals surface area contributed by atoms with Gasteiger partial charge in [0.05, 0.1) is 5.92 Å². The second-order valence-electron chi connectivity index (χ2n) is 4.43. The normalized spacial score (nSPS) is 14.3. The van der Waals surface area contributed by atoms with Gasteiger partial charge < -0.3 is 9.84 Å². The summed E-state index contributed by atoms with van der Waals surface area (Å²) in [7, 11) is 0. The van der Waals surface area contributed by atoms with E-state index < -0.39 is 0 Å². The van der Waals surface area contributed by atoms with Crippen LogP contribution in [0.25, 0.3) is 11.5 Å². The molecule has 0 aliphatic heterocycles. The van der Waals surface area contributed by atoms with Crippen LogP contribution in [-0.2, 0) is 0 Å². The maximum absolute atomic E-state index is 5.34. The Hall–Kier alpha value is -1.27. The lowest BCUT2D eigenvalue weighted by Crippen LogP contribution is -2.30. The molecule has 0 bridgehead atoms. The third kappa shape index (κ3) is 3.19. The number of halogens is 1. The molecule has 2 aromatic rings. The lowest BCUT2D eigenvalue weighted by atomic mass is 10.0. The topological polar surface area (TPSA) is 63.8 Å². The van der Waals surface area contributed by atoms with Crippen LogP contribution in [-0.4, -0.2) is 27.7 Å². The first-order chi connectivity index (χ1) is 9.13. The molecule has 2 heterocycles. The summed E-state index contributed by atoms with van der Waals surface area (Å²) in [4.78, 5) is 8.69. The summed E-state index contributed by atoms with van der Waals surface area (Å²) in [5.41, 5.74) is 0.695. The number of rotatable bonds is 5. The Balaban J connectivity index is 2.22. The molecule has 19 heavy (non-hydrogen) atoms. The van der Waals surface area contributed by atoms with Crippen LogP contribution >= 0.6 is 15.9 Å². The molecule has 2 atom stereocenters. The largest absolute Gasteiger partial charge is 0.339 e. The monoisotopic (exact) mass is 324 g/mol. The van der Waals surface area contributed by atoms with E-state index in [1.165, 1.54) is 0 Å². The first-order valence-electron chi connectivity index (χ1n) is 6.31. The predicted octanol–water partition coefficient (Wildman–Crippen LogP) is 3.00. The molecule has 0 aliphatic carbocycles. The van der Waals surface area contributed by atoms with Crippen molar-refractivity contribution in [2.75, 3.05) is 6.54 Å². The van der Waals surface area contributed by atoms with Crippen molar-refractivity contribution in [2.45, 2.75) is 32.7 Å². The highest BCUT2D eigenvalue weighted by atomic mass is 79.9. The van der Waals surface area contributed by atoms with Crippen LogP contribution in [0.5, 0.6) is 0 Å². The molecule has 0 spiro atoms. The second-order valence-corrected chi connectivity index (χ2v) is 5.28. The lowest BCUT2D eigenvalue weighted by Gasteiger charge is -2.16. The van der Waals surface area contributed by atoms with Gasteiger partial charge in [-0.1, -0.05) is 19.0 Å². The highest BCUT2D eigenvalue weighted by Gasteiger charge is 2.21. The molecule has 6 heteroatoms. The molecule has 0 aromatic carbocycles. The predicted molar refractivity (Wildman–Crippen MR) is 76.8 cm³/mol. The lowest BCUT2D eigenvalue weighted by molar-refractivity contribution is 0.332. The molecule has 0 saturated heterocycles. The van der Waals surface area contributed by atoms with E-state index in [2.05, 4.69) is 57.1 Å². The molecule has 2 aromatic heterocycles. The number of nitrogens with zero attached hydrogens (tertiary/aromatic N) is 3. The van der Waals surface area contributed by atoms with Crippen molar-refractivity contribution < 1.29 is 4.52 Å². The molecule has 0 fully saturated rings. The number of pyridine rings is 1. The Bertz CT molecular complexity index is 543. The number of hydrogen-bond acceptors (Lipinski definition) is 5. The summed E-state index contributed by atoms with van der Waals surface area (Å²) in [5, 5.41) is 7.36. The average molecular weight is 325 g/mol. The van der Waals surface area contributed by atoms with Crippen molar-refractivity contribution >= 4 is 15.9 Å². The van der Waals surface area contributed by atoms with E-state index >= 15 is 0 Å². The highest BCUT2D eigenvalue weighted by Crippen LogP contribution is 2.25. The summed E-state index contributed by atoms with van der Waals surface area (Å²) in [5.74, 6) is 1.29. The van der Waals surface area contributed by atoms with Crippen molar-refractivity contribution in [1.29, 1.82) is 0 Å². The summed E-state index contributed by atoms with van der Waals surface area (Å²) in [6.45, 7) is 7.17. The Labute approximate surface area is 121 Å². The van der Waals surface area contributed by atoms with Crippen LogP contribution in [0.2, 0.25) is 0 Å². The Morgan fingerprint density at radius 3 is 2.89 bits per heavy atom. The van der Waals surface area contributed by atoms with Crippen molar-refractivity contribution in [2.24, 2.45) is 0 Å². The van der Waals surface area contributed by atoms with Crippen LogP contribution in [0.3, 0.4) is 0 Å². The van der Waals surface area contributed by atoms with Crippen molar-refractivity contribution in [3.05, 3.63) is 28.7 Å². The van der Waals surface area contributed by atoms with Gasteiger partial charge in [0.25, 0.3) is 0 Å². The second kappa shape index (κ2) is 6.25. The Morgan fingerprint density at radius 2 is 2.21 bits per heavy atom. The Kier molecular flexibility index (Phi) is 4.66. The third-order valence-corrected chi connectivity index (χ3v) is 3.72. The summed E-state index contributed by atoms with van der Waals surface area (Å²) >= 11 is 3.44. The average Bonchev–Trinajstić information content (AvgIpc) is 2.88. The minimum atomic E-state index is 0.156. The molecule has 0 aliphatic rings. The number of nitrogens with one attached hydrogen (secondary N) is 1. The zero-order valence-corrected chi connectivity index (χ0v) is 12.8. The quantitative estimate of drug-likeness (QED) is 0.915. The van der Waals surface area contributed by atoms with Gasteiger partial charge in [-0.3, -0.25) is 4.98 Å². The summed E-state index contributed by atoms with van der Waals surface area (Å²) < 4.78 is 6.20. The minimum Gasteiger partial charge on any atom is -0.339 e. The van der Waals surface area contributed by atoms with Crippen molar-refractivity contribution in [3.8, 4) is 11.5 Å². The van der Waals surface area contributed by atoms with E-state index in [4.69, 9.17) is 4.52 Å². The van der Waals surface area contributed by atoms with Crippen LogP contribution in [0.1, 0.15) is 32.6 Å². The SMILES string of the molecule is CCNC(C)C(C)c1nc(-c2ncccc2Br)no1. The molecular weight excluding hydrogens is 308 g/mol. The first kappa shape index (κ1) is 14.1. The molecule has 0 radical (unpaired) electrons. The van der Waals surface area contributed by atoms with Gasteiger partial charge in [-0.05, 0) is 41.5 Å². The maximum atomic E-state index is 5.34. The maximum Gasteiger partial charge on any atom is 0.231 e. The fourth-order valence-electron chi connectivity index (χ4n) is 1.78. The van der Waals surface area contributed by atoms with E-state index in [1.807, 2.05) is 12.1 Å². The zero-order valence-electron chi connectivity index (χ0n) is 11.2. The third-order valence-electron chi connectivity index (χ3n) is 3.08.